The average Bonchev–Trinajstić information content (AvgIpc) is 2.49. The van der Waals surface area contributed by atoms with Gasteiger partial charge in [0, 0.05) is 7.05 Å². The second-order valence-corrected chi connectivity index (χ2v) is 9.41. The van der Waals surface area contributed by atoms with Gasteiger partial charge in [-0.25, -0.2) is 8.42 Å². The minimum atomic E-state index is -4.24. The highest BCUT2D eigenvalue weighted by atomic mass is 35.5. The third-order valence-electron chi connectivity index (χ3n) is 3.33. The monoisotopic (exact) mass is 424 g/mol. The lowest BCUT2D eigenvalue weighted by Crippen LogP contribution is -2.26. The highest BCUT2D eigenvalue weighted by Crippen LogP contribution is 2.33. The van der Waals surface area contributed by atoms with Gasteiger partial charge in [0.15, 0.2) is 0 Å². The van der Waals surface area contributed by atoms with E-state index < -0.39 is 25.9 Å². The van der Waals surface area contributed by atoms with Gasteiger partial charge in [0.2, 0.25) is 0 Å². The van der Waals surface area contributed by atoms with E-state index in [1.807, 2.05) is 0 Å². The molecule has 0 aromatic heterocycles. The van der Waals surface area contributed by atoms with E-state index in [0.29, 0.717) is 0 Å². The molecule has 2 rings (SSSR count). The summed E-state index contributed by atoms with van der Waals surface area (Å²) in [4.78, 5) is -0.167. The molecule has 0 aliphatic rings. The van der Waals surface area contributed by atoms with Crippen molar-refractivity contribution in [2.75, 3.05) is 17.1 Å². The number of hydrogen-bond donors (Lipinski definition) is 2. The molecule has 25 heavy (non-hydrogen) atoms. The second-order valence-electron chi connectivity index (χ2n) is 5.17. The lowest BCUT2D eigenvalue weighted by atomic mass is 10.2. The molecule has 0 aliphatic heterocycles. The van der Waals surface area contributed by atoms with Crippen molar-refractivity contribution >= 4 is 54.7 Å². The molecular formula is C14H14Cl2N2O5S2. The first kappa shape index (κ1) is 19.8. The summed E-state index contributed by atoms with van der Waals surface area (Å²) >= 11 is 11.8. The maximum absolute atomic E-state index is 12.7. The zero-order valence-electron chi connectivity index (χ0n) is 12.8. The molecule has 0 bridgehead atoms. The summed E-state index contributed by atoms with van der Waals surface area (Å²) in [5.41, 5.74) is 6.11. The average molecular weight is 425 g/mol. The number of benzene rings is 2. The molecule has 2 aromatic carbocycles. The predicted octanol–water partition coefficient (Wildman–Crippen LogP) is 2.79. The third kappa shape index (κ3) is 4.56. The first-order chi connectivity index (χ1) is 11.4. The molecule has 0 fully saturated rings. The number of rotatable bonds is 5. The maximum atomic E-state index is 12.7. The predicted molar refractivity (Wildman–Crippen MR) is 98.2 cm³/mol. The molecule has 0 unspecified atom stereocenters. The molecule has 0 amide bonds. The number of sulfonamides is 1. The Labute approximate surface area is 155 Å². The van der Waals surface area contributed by atoms with Gasteiger partial charge in [-0.3, -0.25) is 8.86 Å². The van der Waals surface area contributed by atoms with Gasteiger partial charge in [0.1, 0.15) is 5.75 Å². The van der Waals surface area contributed by atoms with Crippen molar-refractivity contribution in [1.82, 2.24) is 0 Å². The Hall–Kier alpha value is -1.52. The number of nitrogens with zero attached hydrogens (tertiary/aromatic N) is 1. The fraction of sp³-hybridized carbons (Fsp3) is 0.143. The smallest absolute Gasteiger partial charge is 0.269 e. The van der Waals surface area contributed by atoms with Gasteiger partial charge in [-0.15, -0.1) is 0 Å². The lowest BCUT2D eigenvalue weighted by Gasteiger charge is -2.20. The van der Waals surface area contributed by atoms with Crippen molar-refractivity contribution in [3.63, 3.8) is 0 Å². The molecule has 0 saturated carbocycles. The normalized spacial score (nSPS) is 12.2. The summed E-state index contributed by atoms with van der Waals surface area (Å²) in [5.74, 6) is -0.631. The molecule has 136 valence electrons. The Balaban J connectivity index is 2.46. The van der Waals surface area contributed by atoms with E-state index in [-0.39, 0.29) is 31.9 Å². The summed E-state index contributed by atoms with van der Waals surface area (Å²) in [5, 5.41) is -0.000741. The molecule has 0 spiro atoms. The second kappa shape index (κ2) is 7.00. The molecule has 0 atom stereocenters. The number of nitrogen functional groups attached to an aromatic ring is 1. The molecule has 7 nitrogen and oxygen atoms in total. The molecular weight excluding hydrogens is 411 g/mol. The van der Waals surface area contributed by atoms with Crippen LogP contribution in [0, 0.1) is 0 Å². The van der Waals surface area contributed by atoms with E-state index >= 15 is 0 Å². The fourth-order valence-electron chi connectivity index (χ4n) is 2.06. The summed E-state index contributed by atoms with van der Waals surface area (Å²) in [6, 6.07) is 8.10. The van der Waals surface area contributed by atoms with Gasteiger partial charge in [-0.1, -0.05) is 35.3 Å². The largest absolute Gasteiger partial charge is 0.396 e. The van der Waals surface area contributed by atoms with Crippen LogP contribution in [0.5, 0.6) is 0 Å². The van der Waals surface area contributed by atoms with Crippen molar-refractivity contribution in [1.29, 1.82) is 0 Å². The summed E-state index contributed by atoms with van der Waals surface area (Å²) in [6.45, 7) is 0. The van der Waals surface area contributed by atoms with Crippen LogP contribution in [0.3, 0.4) is 0 Å². The topological polar surface area (TPSA) is 118 Å². The van der Waals surface area contributed by atoms with Crippen LogP contribution >= 0.6 is 23.2 Å². The van der Waals surface area contributed by atoms with Crippen LogP contribution in [0.4, 0.5) is 11.4 Å². The Kier molecular flexibility index (Phi) is 5.55. The minimum Gasteiger partial charge on any atom is -0.396 e. The lowest BCUT2D eigenvalue weighted by molar-refractivity contribution is 0.482. The van der Waals surface area contributed by atoms with Gasteiger partial charge < -0.3 is 5.73 Å². The first-order valence-corrected chi connectivity index (χ1v) is 10.5. The molecule has 2 aromatic rings. The van der Waals surface area contributed by atoms with Crippen molar-refractivity contribution in [3.05, 3.63) is 52.0 Å². The molecule has 0 saturated heterocycles. The number of nitrogens with two attached hydrogens (primary N) is 1. The third-order valence-corrected chi connectivity index (χ3v) is 6.42. The highest BCUT2D eigenvalue weighted by molar-refractivity contribution is 7.92. The van der Waals surface area contributed by atoms with Crippen LogP contribution in [0.2, 0.25) is 10.0 Å². The Morgan fingerprint density at radius 3 is 2.16 bits per heavy atom. The van der Waals surface area contributed by atoms with E-state index in [0.717, 1.165) is 4.31 Å². The van der Waals surface area contributed by atoms with Gasteiger partial charge in [0.05, 0.1) is 26.3 Å². The van der Waals surface area contributed by atoms with Gasteiger partial charge in [0.25, 0.3) is 20.1 Å². The van der Waals surface area contributed by atoms with E-state index in [4.69, 9.17) is 33.5 Å². The minimum absolute atomic E-state index is 0.000371. The molecule has 11 heteroatoms. The summed E-state index contributed by atoms with van der Waals surface area (Å²) in [6.07, 6.45) is 0. The van der Waals surface area contributed by atoms with Crippen LogP contribution in [-0.4, -0.2) is 28.4 Å². The number of anilines is 2. The van der Waals surface area contributed by atoms with Gasteiger partial charge >= 0.3 is 0 Å². The van der Waals surface area contributed by atoms with E-state index in [9.17, 15) is 16.8 Å². The van der Waals surface area contributed by atoms with Crippen LogP contribution in [-0.2, 0) is 25.9 Å². The van der Waals surface area contributed by atoms with Gasteiger partial charge in [-0.2, -0.15) is 8.42 Å². The molecule has 0 radical (unpaired) electrons. The van der Waals surface area contributed by atoms with Gasteiger partial charge in [-0.05, 0) is 29.8 Å². The summed E-state index contributed by atoms with van der Waals surface area (Å²) in [7, 11) is -6.97. The van der Waals surface area contributed by atoms with Crippen LogP contribution in [0.1, 0.15) is 5.56 Å². The van der Waals surface area contributed by atoms with Crippen molar-refractivity contribution < 1.29 is 21.4 Å². The number of hydrogen-bond acceptors (Lipinski definition) is 5. The van der Waals surface area contributed by atoms with E-state index in [1.165, 1.54) is 43.4 Å². The van der Waals surface area contributed by atoms with E-state index in [1.54, 1.807) is 0 Å². The van der Waals surface area contributed by atoms with Crippen molar-refractivity contribution in [2.45, 2.75) is 10.6 Å². The van der Waals surface area contributed by atoms with Crippen molar-refractivity contribution in [3.8, 4) is 0 Å². The zero-order valence-corrected chi connectivity index (χ0v) is 16.0. The molecule has 0 heterocycles. The van der Waals surface area contributed by atoms with Crippen molar-refractivity contribution in [2.24, 2.45) is 0 Å². The quantitative estimate of drug-likeness (QED) is 0.562. The standard InChI is InChI=1S/C14H14Cl2N2O5S2/c1-18(10-4-2-3-9(5-10)8-24(19,20)21)25(22,23)11-6-12(15)14(17)13(16)7-11/h2-7H,8,17H2,1H3,(H,19,20,21). The molecule has 3 N–H and O–H groups in total. The Bertz CT molecular complexity index is 1000. The Morgan fingerprint density at radius 1 is 1.08 bits per heavy atom. The number of halogens is 2. The maximum Gasteiger partial charge on any atom is 0.269 e. The van der Waals surface area contributed by atoms with Crippen LogP contribution < -0.4 is 10.0 Å². The van der Waals surface area contributed by atoms with Crippen LogP contribution in [0.15, 0.2) is 41.3 Å². The highest BCUT2D eigenvalue weighted by Gasteiger charge is 2.24. The van der Waals surface area contributed by atoms with Crippen LogP contribution in [0.25, 0.3) is 0 Å². The zero-order chi connectivity index (χ0) is 19.0. The SMILES string of the molecule is CN(c1cccc(CS(=O)(=O)O)c1)S(=O)(=O)c1cc(Cl)c(N)c(Cl)c1. The Morgan fingerprint density at radius 2 is 1.64 bits per heavy atom. The fourth-order valence-corrected chi connectivity index (χ4v) is 4.52. The first-order valence-electron chi connectivity index (χ1n) is 6.69. The molecule has 0 aliphatic carbocycles. The van der Waals surface area contributed by atoms with E-state index in [2.05, 4.69) is 0 Å². The summed E-state index contributed by atoms with van der Waals surface area (Å²) < 4.78 is 57.3.